The molecule has 6 nitrogen and oxygen atoms in total. The van der Waals surface area contributed by atoms with E-state index in [1.54, 1.807) is 18.3 Å². The van der Waals surface area contributed by atoms with Gasteiger partial charge in [0.15, 0.2) is 0 Å². The number of pyridine rings is 1. The second kappa shape index (κ2) is 11.0. The fourth-order valence-corrected chi connectivity index (χ4v) is 4.44. The van der Waals surface area contributed by atoms with Crippen LogP contribution in [-0.4, -0.2) is 41.0 Å². The number of benzene rings is 2. The Kier molecular flexibility index (Phi) is 7.79. The van der Waals surface area contributed by atoms with E-state index >= 15 is 0 Å². The van der Waals surface area contributed by atoms with E-state index in [-0.39, 0.29) is 23.8 Å². The molecule has 1 unspecified atom stereocenters. The van der Waals surface area contributed by atoms with E-state index in [4.69, 9.17) is 4.74 Å². The van der Waals surface area contributed by atoms with Crippen LogP contribution in [0.15, 0.2) is 66.9 Å². The maximum Gasteiger partial charge on any atom is 0.416 e. The third kappa shape index (κ3) is 6.46. The number of aromatic nitrogens is 1. The lowest BCUT2D eigenvalue weighted by Crippen LogP contribution is -2.38. The molecule has 1 saturated heterocycles. The summed E-state index contributed by atoms with van der Waals surface area (Å²) >= 11 is 0. The molecule has 0 radical (unpaired) electrons. The van der Waals surface area contributed by atoms with E-state index in [0.717, 1.165) is 23.3 Å². The highest BCUT2D eigenvalue weighted by Gasteiger charge is 2.32. The van der Waals surface area contributed by atoms with Crippen LogP contribution in [0.1, 0.15) is 58.9 Å². The summed E-state index contributed by atoms with van der Waals surface area (Å²) < 4.78 is 44.2. The summed E-state index contributed by atoms with van der Waals surface area (Å²) in [7, 11) is 0. The first-order valence-corrected chi connectivity index (χ1v) is 12.0. The fourth-order valence-electron chi connectivity index (χ4n) is 4.44. The minimum atomic E-state index is -4.45. The number of likely N-dealkylation sites (tertiary alicyclic amines) is 1. The van der Waals surface area contributed by atoms with Crippen molar-refractivity contribution in [1.29, 1.82) is 5.26 Å². The van der Waals surface area contributed by atoms with Crippen LogP contribution in [0.3, 0.4) is 0 Å². The van der Waals surface area contributed by atoms with Gasteiger partial charge in [-0.3, -0.25) is 9.69 Å². The average Bonchev–Trinajstić information content (AvgIpc) is 3.32. The predicted molar refractivity (Wildman–Crippen MR) is 132 cm³/mol. The summed E-state index contributed by atoms with van der Waals surface area (Å²) in [6, 6.07) is 17.2. The second-order valence-electron chi connectivity index (χ2n) is 9.26. The highest BCUT2D eigenvalue weighted by molar-refractivity contribution is 5.94. The molecule has 9 heteroatoms. The summed E-state index contributed by atoms with van der Waals surface area (Å²) in [5.41, 5.74) is 1.87. The van der Waals surface area contributed by atoms with Gasteiger partial charge in [-0.1, -0.05) is 18.2 Å². The van der Waals surface area contributed by atoms with Crippen LogP contribution in [0, 0.1) is 11.3 Å². The van der Waals surface area contributed by atoms with Crippen molar-refractivity contribution in [2.45, 2.75) is 44.6 Å². The van der Waals surface area contributed by atoms with Gasteiger partial charge in [0.2, 0.25) is 5.88 Å². The Morgan fingerprint density at radius 3 is 2.32 bits per heavy atom. The lowest BCUT2D eigenvalue weighted by Gasteiger charge is -2.29. The first-order valence-electron chi connectivity index (χ1n) is 12.0. The van der Waals surface area contributed by atoms with Crippen molar-refractivity contribution in [3.8, 4) is 11.9 Å². The minimum Gasteiger partial charge on any atom is -0.475 e. The lowest BCUT2D eigenvalue weighted by molar-refractivity contribution is -0.137. The standard InChI is InChI=1S/C28H27F3N4O2/c1-18(2)37-25-12-9-22(16-33-25)26(20-5-3-19(15-32)4-6-20)35-14-13-24(17-35)34-27(36)21-7-10-23(11-8-21)28(29,30)31/h3-12,16,18,24,26H,13-14,17H2,1-2H3,(H,34,36)/t24?,26-/m1/s1. The van der Waals surface area contributed by atoms with Crippen molar-refractivity contribution in [1.82, 2.24) is 15.2 Å². The van der Waals surface area contributed by atoms with Gasteiger partial charge in [0.25, 0.3) is 5.91 Å². The number of nitrogens with zero attached hydrogens (tertiary/aromatic N) is 3. The molecule has 1 aromatic heterocycles. The van der Waals surface area contributed by atoms with Gasteiger partial charge >= 0.3 is 6.18 Å². The Balaban J connectivity index is 1.50. The Morgan fingerprint density at radius 2 is 1.76 bits per heavy atom. The number of carbonyl (C=O) groups excluding carboxylic acids is 1. The number of hydrogen-bond acceptors (Lipinski definition) is 5. The van der Waals surface area contributed by atoms with Crippen LogP contribution in [0.25, 0.3) is 0 Å². The number of halogens is 3. The molecule has 0 spiro atoms. The molecule has 2 atom stereocenters. The molecule has 192 valence electrons. The molecule has 4 rings (SSSR count). The van der Waals surface area contributed by atoms with Crippen molar-refractivity contribution in [2.24, 2.45) is 0 Å². The van der Waals surface area contributed by atoms with Crippen molar-refractivity contribution in [3.63, 3.8) is 0 Å². The van der Waals surface area contributed by atoms with Gasteiger partial charge in [0.1, 0.15) is 0 Å². The van der Waals surface area contributed by atoms with Crippen LogP contribution in [0.2, 0.25) is 0 Å². The van der Waals surface area contributed by atoms with Gasteiger partial charge in [0.05, 0.1) is 29.3 Å². The Bertz CT molecular complexity index is 1250. The number of amides is 1. The number of hydrogen-bond donors (Lipinski definition) is 1. The zero-order valence-corrected chi connectivity index (χ0v) is 20.5. The molecule has 1 aliphatic rings. The average molecular weight is 509 g/mol. The fraction of sp³-hybridized carbons (Fsp3) is 0.321. The Labute approximate surface area is 213 Å². The second-order valence-corrected chi connectivity index (χ2v) is 9.26. The molecule has 0 aliphatic carbocycles. The van der Waals surface area contributed by atoms with Crippen molar-refractivity contribution >= 4 is 5.91 Å². The third-order valence-corrected chi connectivity index (χ3v) is 6.18. The van der Waals surface area contributed by atoms with Crippen LogP contribution >= 0.6 is 0 Å². The van der Waals surface area contributed by atoms with E-state index in [1.165, 1.54) is 12.1 Å². The summed E-state index contributed by atoms with van der Waals surface area (Å²) in [5.74, 6) is 0.118. The number of alkyl halides is 3. The van der Waals surface area contributed by atoms with E-state index in [2.05, 4.69) is 21.3 Å². The Hall–Kier alpha value is -3.90. The molecule has 1 aliphatic heterocycles. The number of nitrogens with one attached hydrogen (secondary N) is 1. The molecule has 3 aromatic rings. The van der Waals surface area contributed by atoms with Gasteiger partial charge in [-0.25, -0.2) is 4.98 Å². The maximum absolute atomic E-state index is 12.8. The molecule has 1 amide bonds. The van der Waals surface area contributed by atoms with Crippen molar-refractivity contribution in [3.05, 3.63) is 94.7 Å². The van der Waals surface area contributed by atoms with Crippen LogP contribution in [0.4, 0.5) is 13.2 Å². The smallest absolute Gasteiger partial charge is 0.416 e. The molecule has 0 saturated carbocycles. The van der Waals surface area contributed by atoms with Crippen LogP contribution < -0.4 is 10.1 Å². The SMILES string of the molecule is CC(C)Oc1ccc([C@@H](c2ccc(C#N)cc2)N2CCC(NC(=O)c3ccc(C(F)(F)F)cc3)C2)cn1. The van der Waals surface area contributed by atoms with Gasteiger partial charge < -0.3 is 10.1 Å². The van der Waals surface area contributed by atoms with Crippen LogP contribution in [-0.2, 0) is 6.18 Å². The summed E-state index contributed by atoms with van der Waals surface area (Å²) in [6.45, 7) is 5.09. The molecule has 0 bridgehead atoms. The molecular weight excluding hydrogens is 481 g/mol. The molecular formula is C28H27F3N4O2. The molecule has 37 heavy (non-hydrogen) atoms. The Morgan fingerprint density at radius 1 is 1.08 bits per heavy atom. The monoisotopic (exact) mass is 508 g/mol. The van der Waals surface area contributed by atoms with Gasteiger partial charge in [-0.15, -0.1) is 0 Å². The zero-order valence-electron chi connectivity index (χ0n) is 20.5. The van der Waals surface area contributed by atoms with Crippen molar-refractivity contribution < 1.29 is 22.7 Å². The van der Waals surface area contributed by atoms with Gasteiger partial charge in [-0.05, 0) is 67.8 Å². The number of ether oxygens (including phenoxy) is 1. The van der Waals surface area contributed by atoms with Crippen molar-refractivity contribution in [2.75, 3.05) is 13.1 Å². The number of rotatable bonds is 7. The third-order valence-electron chi connectivity index (χ3n) is 6.18. The van der Waals surface area contributed by atoms with E-state index in [0.29, 0.717) is 31.0 Å². The zero-order chi connectivity index (χ0) is 26.6. The maximum atomic E-state index is 12.8. The molecule has 1 N–H and O–H groups in total. The van der Waals surface area contributed by atoms with Crippen LogP contribution in [0.5, 0.6) is 5.88 Å². The topological polar surface area (TPSA) is 78.2 Å². The van der Waals surface area contributed by atoms with E-state index in [9.17, 15) is 23.2 Å². The van der Waals surface area contributed by atoms with Gasteiger partial charge in [-0.2, -0.15) is 18.4 Å². The molecule has 1 fully saturated rings. The quantitative estimate of drug-likeness (QED) is 0.465. The largest absolute Gasteiger partial charge is 0.475 e. The summed E-state index contributed by atoms with van der Waals surface area (Å²) in [5, 5.41) is 12.1. The van der Waals surface area contributed by atoms with E-state index < -0.39 is 17.6 Å². The first-order chi connectivity index (χ1) is 17.6. The lowest BCUT2D eigenvalue weighted by atomic mass is 9.97. The van der Waals surface area contributed by atoms with Gasteiger partial charge in [0, 0.05) is 37.0 Å². The number of carbonyl (C=O) groups is 1. The minimum absolute atomic E-state index is 0.000269. The van der Waals surface area contributed by atoms with E-state index in [1.807, 2.05) is 38.1 Å². The highest BCUT2D eigenvalue weighted by Crippen LogP contribution is 2.33. The predicted octanol–water partition coefficient (Wildman–Crippen LogP) is 5.35. The summed E-state index contributed by atoms with van der Waals surface area (Å²) in [6.07, 6.45) is -1.99. The highest BCUT2D eigenvalue weighted by atomic mass is 19.4. The summed E-state index contributed by atoms with van der Waals surface area (Å²) in [4.78, 5) is 19.4. The number of nitriles is 1. The molecule has 2 aromatic carbocycles. The first kappa shape index (κ1) is 26.2. The molecule has 2 heterocycles. The normalized spacial score (nSPS) is 16.8.